The van der Waals surface area contributed by atoms with Crippen LogP contribution in [0.3, 0.4) is 0 Å². The molecule has 0 spiro atoms. The Hall–Kier alpha value is -2.83. The number of ether oxygens (including phenoxy) is 1. The number of methoxy groups -OCH3 is 1. The van der Waals surface area contributed by atoms with E-state index in [0.29, 0.717) is 12.4 Å². The molecule has 0 aliphatic carbocycles. The molecule has 3 rings (SSSR count). The van der Waals surface area contributed by atoms with Gasteiger partial charge in [0, 0.05) is 30.4 Å². The summed E-state index contributed by atoms with van der Waals surface area (Å²) in [5.74, 6) is 0.558. The molecule has 23 heavy (non-hydrogen) atoms. The number of aromatic amines is 1. The molecule has 1 saturated heterocycles. The van der Waals surface area contributed by atoms with Crippen molar-refractivity contribution < 1.29 is 14.3 Å². The van der Waals surface area contributed by atoms with Crippen molar-refractivity contribution in [3.05, 3.63) is 36.0 Å². The van der Waals surface area contributed by atoms with Crippen LogP contribution >= 0.6 is 0 Å². The molecule has 2 amide bonds. The molecule has 7 heteroatoms. The third-order valence-electron chi connectivity index (χ3n) is 3.84. The van der Waals surface area contributed by atoms with Crippen LogP contribution in [-0.2, 0) is 9.59 Å². The van der Waals surface area contributed by atoms with Crippen molar-refractivity contribution in [3.63, 3.8) is 0 Å². The first-order chi connectivity index (χ1) is 11.1. The number of rotatable bonds is 4. The molecule has 1 aromatic heterocycles. The summed E-state index contributed by atoms with van der Waals surface area (Å²) in [6.45, 7) is 2.22. The molecule has 1 aliphatic heterocycles. The van der Waals surface area contributed by atoms with Gasteiger partial charge in [-0.1, -0.05) is 0 Å². The number of nitrogens with one attached hydrogen (secondary N) is 2. The molecule has 1 atom stereocenters. The van der Waals surface area contributed by atoms with E-state index in [-0.39, 0.29) is 24.2 Å². The zero-order chi connectivity index (χ0) is 16.4. The molecule has 1 aliphatic rings. The summed E-state index contributed by atoms with van der Waals surface area (Å²) in [6, 6.07) is 8.96. The molecule has 0 bridgehead atoms. The van der Waals surface area contributed by atoms with Gasteiger partial charge in [-0.15, -0.1) is 0 Å². The Bertz CT molecular complexity index is 723. The topological polar surface area (TPSA) is 87.3 Å². The Labute approximate surface area is 133 Å². The third kappa shape index (κ3) is 3.18. The fourth-order valence-corrected chi connectivity index (χ4v) is 2.61. The van der Waals surface area contributed by atoms with Gasteiger partial charge in [0.15, 0.2) is 5.82 Å². The van der Waals surface area contributed by atoms with Crippen molar-refractivity contribution in [2.24, 2.45) is 5.92 Å². The molecule has 1 aromatic carbocycles. The van der Waals surface area contributed by atoms with Crippen molar-refractivity contribution in [1.29, 1.82) is 0 Å². The fourth-order valence-electron chi connectivity index (χ4n) is 2.61. The second-order valence-corrected chi connectivity index (χ2v) is 5.53. The molecular formula is C16H18N4O3. The van der Waals surface area contributed by atoms with Gasteiger partial charge < -0.3 is 15.0 Å². The number of carbonyl (C=O) groups excluding carboxylic acids is 2. The number of anilines is 2. The first-order valence-electron chi connectivity index (χ1n) is 7.34. The van der Waals surface area contributed by atoms with Crippen LogP contribution in [0, 0.1) is 12.8 Å². The van der Waals surface area contributed by atoms with E-state index in [9.17, 15) is 9.59 Å². The van der Waals surface area contributed by atoms with E-state index in [1.54, 1.807) is 30.2 Å². The van der Waals surface area contributed by atoms with E-state index in [2.05, 4.69) is 15.5 Å². The molecule has 2 N–H and O–H groups in total. The molecular weight excluding hydrogens is 296 g/mol. The lowest BCUT2D eigenvalue weighted by atomic mass is 10.1. The van der Waals surface area contributed by atoms with E-state index < -0.39 is 0 Å². The molecule has 0 radical (unpaired) electrons. The number of hydrogen-bond donors (Lipinski definition) is 2. The lowest BCUT2D eigenvalue weighted by Gasteiger charge is -2.16. The number of hydrogen-bond acceptors (Lipinski definition) is 4. The highest BCUT2D eigenvalue weighted by molar-refractivity contribution is 6.03. The number of nitrogens with zero attached hydrogens (tertiary/aromatic N) is 2. The highest BCUT2D eigenvalue weighted by atomic mass is 16.5. The summed E-state index contributed by atoms with van der Waals surface area (Å²) in [7, 11) is 1.59. The third-order valence-corrected chi connectivity index (χ3v) is 3.84. The molecule has 7 nitrogen and oxygen atoms in total. The Kier molecular flexibility index (Phi) is 4.01. The van der Waals surface area contributed by atoms with Gasteiger partial charge in [0.2, 0.25) is 11.8 Å². The maximum atomic E-state index is 12.3. The van der Waals surface area contributed by atoms with Crippen molar-refractivity contribution in [3.8, 4) is 5.75 Å². The van der Waals surface area contributed by atoms with E-state index in [1.807, 2.05) is 19.1 Å². The predicted molar refractivity (Wildman–Crippen MR) is 85.4 cm³/mol. The Balaban J connectivity index is 1.67. The van der Waals surface area contributed by atoms with Crippen molar-refractivity contribution >= 4 is 23.3 Å². The Morgan fingerprint density at radius 1 is 1.39 bits per heavy atom. The van der Waals surface area contributed by atoms with Crippen LogP contribution in [0.4, 0.5) is 11.5 Å². The minimum Gasteiger partial charge on any atom is -0.497 e. The largest absolute Gasteiger partial charge is 0.497 e. The second-order valence-electron chi connectivity index (χ2n) is 5.53. The minimum atomic E-state index is -0.387. The maximum absolute atomic E-state index is 12.3. The Morgan fingerprint density at radius 2 is 2.13 bits per heavy atom. The van der Waals surface area contributed by atoms with Gasteiger partial charge in [-0.2, -0.15) is 5.10 Å². The zero-order valence-electron chi connectivity index (χ0n) is 13.0. The number of carbonyl (C=O) groups is 2. The molecule has 0 saturated carbocycles. The van der Waals surface area contributed by atoms with Crippen LogP contribution in [0.5, 0.6) is 5.75 Å². The molecule has 1 fully saturated rings. The van der Waals surface area contributed by atoms with Crippen molar-refractivity contribution in [1.82, 2.24) is 10.2 Å². The molecule has 120 valence electrons. The fraction of sp³-hybridized carbons (Fsp3) is 0.312. The van der Waals surface area contributed by atoms with Gasteiger partial charge in [0.05, 0.1) is 13.0 Å². The number of amides is 2. The average molecular weight is 314 g/mol. The highest BCUT2D eigenvalue weighted by Gasteiger charge is 2.35. The van der Waals surface area contributed by atoms with E-state index in [1.165, 1.54) is 0 Å². The van der Waals surface area contributed by atoms with Gasteiger partial charge in [0.1, 0.15) is 5.75 Å². The smallest absolute Gasteiger partial charge is 0.231 e. The van der Waals surface area contributed by atoms with Crippen LogP contribution in [0.1, 0.15) is 12.1 Å². The zero-order valence-corrected chi connectivity index (χ0v) is 13.0. The van der Waals surface area contributed by atoms with Crippen LogP contribution < -0.4 is 15.0 Å². The lowest BCUT2D eigenvalue weighted by molar-refractivity contribution is -0.122. The minimum absolute atomic E-state index is 0.0616. The monoisotopic (exact) mass is 314 g/mol. The summed E-state index contributed by atoms with van der Waals surface area (Å²) >= 11 is 0. The van der Waals surface area contributed by atoms with Gasteiger partial charge in [-0.05, 0) is 31.2 Å². The number of H-pyrrole nitrogens is 1. The van der Waals surface area contributed by atoms with Crippen LogP contribution in [0.2, 0.25) is 0 Å². The van der Waals surface area contributed by atoms with Crippen LogP contribution in [0.15, 0.2) is 30.3 Å². The average Bonchev–Trinajstić information content (AvgIpc) is 3.13. The summed E-state index contributed by atoms with van der Waals surface area (Å²) in [4.78, 5) is 26.1. The van der Waals surface area contributed by atoms with Gasteiger partial charge in [-0.25, -0.2) is 0 Å². The Morgan fingerprint density at radius 3 is 2.74 bits per heavy atom. The first-order valence-corrected chi connectivity index (χ1v) is 7.34. The van der Waals surface area contributed by atoms with E-state index in [0.717, 1.165) is 17.1 Å². The highest BCUT2D eigenvalue weighted by Crippen LogP contribution is 2.27. The summed E-state index contributed by atoms with van der Waals surface area (Å²) in [6.07, 6.45) is 0.196. The maximum Gasteiger partial charge on any atom is 0.231 e. The molecule has 2 aromatic rings. The summed E-state index contributed by atoms with van der Waals surface area (Å²) < 4.78 is 5.11. The second kappa shape index (κ2) is 6.12. The summed E-state index contributed by atoms with van der Waals surface area (Å²) in [5, 5.41) is 9.47. The van der Waals surface area contributed by atoms with Crippen molar-refractivity contribution in [2.75, 3.05) is 23.9 Å². The van der Waals surface area contributed by atoms with Crippen LogP contribution in [-0.4, -0.2) is 35.7 Å². The van der Waals surface area contributed by atoms with Gasteiger partial charge in [-0.3, -0.25) is 14.7 Å². The quantitative estimate of drug-likeness (QED) is 0.899. The molecule has 1 unspecified atom stereocenters. The first kappa shape index (κ1) is 15.1. The van der Waals surface area contributed by atoms with E-state index in [4.69, 9.17) is 4.74 Å². The normalized spacial score (nSPS) is 17.4. The number of aryl methyl sites for hydroxylation is 1. The van der Waals surface area contributed by atoms with Gasteiger partial charge >= 0.3 is 0 Å². The predicted octanol–water partition coefficient (Wildman–Crippen LogP) is 1.72. The van der Waals surface area contributed by atoms with Crippen LogP contribution in [0.25, 0.3) is 0 Å². The number of aromatic nitrogens is 2. The number of benzene rings is 1. The summed E-state index contributed by atoms with van der Waals surface area (Å²) in [5.41, 5.74) is 1.63. The van der Waals surface area contributed by atoms with Crippen molar-refractivity contribution in [2.45, 2.75) is 13.3 Å². The van der Waals surface area contributed by atoms with E-state index >= 15 is 0 Å². The standard InChI is InChI=1S/C16H18N4O3/c1-10-7-14(19-18-10)17-16(22)11-8-15(21)20(9-11)12-3-5-13(23-2)6-4-12/h3-7,11H,8-9H2,1-2H3,(H2,17,18,19,22). The van der Waals surface area contributed by atoms with Gasteiger partial charge in [0.25, 0.3) is 0 Å². The molecule has 2 heterocycles. The lowest BCUT2D eigenvalue weighted by Crippen LogP contribution is -2.28. The SMILES string of the molecule is COc1ccc(N2CC(C(=O)Nc3cc(C)[nH]n3)CC2=O)cc1.